The second kappa shape index (κ2) is 7.13. The van der Waals surface area contributed by atoms with Gasteiger partial charge in [0.2, 0.25) is 0 Å². The van der Waals surface area contributed by atoms with Gasteiger partial charge in [0.15, 0.2) is 11.5 Å². The number of aryl methyl sites for hydroxylation is 1. The quantitative estimate of drug-likeness (QED) is 0.822. The third-order valence-corrected chi connectivity index (χ3v) is 3.65. The van der Waals surface area contributed by atoms with Gasteiger partial charge in [0.05, 0.1) is 20.4 Å². The van der Waals surface area contributed by atoms with Crippen LogP contribution in [0.2, 0.25) is 0 Å². The molecule has 2 aromatic rings. The highest BCUT2D eigenvalue weighted by Crippen LogP contribution is 2.27. The van der Waals surface area contributed by atoms with Crippen LogP contribution in [0, 0.1) is 6.92 Å². The van der Waals surface area contributed by atoms with Crippen LogP contribution >= 0.6 is 0 Å². The van der Waals surface area contributed by atoms with Gasteiger partial charge in [0.1, 0.15) is 0 Å². The normalized spacial score (nSPS) is 12.2. The number of H-pyrrole nitrogens is 1. The Bertz CT molecular complexity index is 581. The van der Waals surface area contributed by atoms with Gasteiger partial charge in [-0.25, -0.2) is 0 Å². The minimum absolute atomic E-state index is 0.281. The molecule has 0 radical (unpaired) electrons. The molecule has 0 bridgehead atoms. The largest absolute Gasteiger partial charge is 0.493 e. The van der Waals surface area contributed by atoms with Crippen LogP contribution in [0.4, 0.5) is 0 Å². The van der Waals surface area contributed by atoms with Crippen LogP contribution in [0.25, 0.3) is 0 Å². The van der Waals surface area contributed by atoms with Crippen molar-refractivity contribution < 1.29 is 9.47 Å². The van der Waals surface area contributed by atoms with Gasteiger partial charge in [-0.05, 0) is 44.5 Å². The van der Waals surface area contributed by atoms with Gasteiger partial charge < -0.3 is 14.8 Å². The molecular formula is C16H23N3O2. The van der Waals surface area contributed by atoms with Crippen LogP contribution in [-0.4, -0.2) is 31.0 Å². The topological polar surface area (TPSA) is 59.2 Å². The van der Waals surface area contributed by atoms with Crippen LogP contribution in [0.3, 0.4) is 0 Å². The van der Waals surface area contributed by atoms with E-state index in [9.17, 15) is 0 Å². The van der Waals surface area contributed by atoms with Gasteiger partial charge in [0.25, 0.3) is 0 Å². The zero-order chi connectivity index (χ0) is 15.2. The minimum atomic E-state index is 0.281. The van der Waals surface area contributed by atoms with Crippen molar-refractivity contribution in [3.63, 3.8) is 0 Å². The molecule has 0 amide bonds. The predicted octanol–water partition coefficient (Wildman–Crippen LogP) is 2.63. The van der Waals surface area contributed by atoms with Crippen molar-refractivity contribution in [1.82, 2.24) is 15.5 Å². The van der Waals surface area contributed by atoms with E-state index in [4.69, 9.17) is 9.47 Å². The first-order valence-corrected chi connectivity index (χ1v) is 7.10. The highest BCUT2D eigenvalue weighted by Gasteiger charge is 2.09. The Morgan fingerprint density at radius 1 is 1.24 bits per heavy atom. The second-order valence-electron chi connectivity index (χ2n) is 5.07. The van der Waals surface area contributed by atoms with Gasteiger partial charge in [-0.3, -0.25) is 5.10 Å². The Hall–Kier alpha value is -2.01. The minimum Gasteiger partial charge on any atom is -0.493 e. The highest BCUT2D eigenvalue weighted by atomic mass is 16.5. The monoisotopic (exact) mass is 289 g/mol. The van der Waals surface area contributed by atoms with Gasteiger partial charge in [0, 0.05) is 17.3 Å². The third kappa shape index (κ3) is 3.76. The molecule has 2 N–H and O–H groups in total. The summed E-state index contributed by atoms with van der Waals surface area (Å²) in [6.45, 7) is 5.07. The molecular weight excluding hydrogens is 266 g/mol. The van der Waals surface area contributed by atoms with Gasteiger partial charge >= 0.3 is 0 Å². The molecule has 1 aromatic heterocycles. The first kappa shape index (κ1) is 15.4. The Labute approximate surface area is 125 Å². The number of nitrogens with one attached hydrogen (secondary N) is 2. The lowest BCUT2D eigenvalue weighted by atomic mass is 10.1. The van der Waals surface area contributed by atoms with Crippen molar-refractivity contribution in [2.45, 2.75) is 26.3 Å². The van der Waals surface area contributed by atoms with E-state index in [0.29, 0.717) is 0 Å². The maximum atomic E-state index is 5.32. The smallest absolute Gasteiger partial charge is 0.160 e. The summed E-state index contributed by atoms with van der Waals surface area (Å²) < 4.78 is 10.6. The fourth-order valence-corrected chi connectivity index (χ4v) is 2.38. The molecule has 114 valence electrons. The summed E-state index contributed by atoms with van der Waals surface area (Å²) in [5.74, 6) is 1.53. The number of rotatable bonds is 7. The zero-order valence-corrected chi connectivity index (χ0v) is 13.1. The molecule has 1 heterocycles. The van der Waals surface area contributed by atoms with Gasteiger partial charge in [-0.1, -0.05) is 6.07 Å². The first-order valence-electron chi connectivity index (χ1n) is 7.10. The molecule has 5 heteroatoms. The summed E-state index contributed by atoms with van der Waals surface area (Å²) in [4.78, 5) is 0. The molecule has 1 aromatic carbocycles. The molecule has 5 nitrogen and oxygen atoms in total. The molecule has 0 aliphatic carbocycles. The number of methoxy groups -OCH3 is 2. The maximum absolute atomic E-state index is 5.32. The van der Waals surface area contributed by atoms with Crippen molar-refractivity contribution in [2.75, 3.05) is 20.8 Å². The molecule has 0 aliphatic heterocycles. The molecule has 0 fully saturated rings. The van der Waals surface area contributed by atoms with E-state index in [1.54, 1.807) is 14.2 Å². The Morgan fingerprint density at radius 3 is 2.62 bits per heavy atom. The standard InChI is InChI=1S/C16H23N3O2/c1-11(14-10-18-19-12(14)2)17-8-7-13-5-6-15(20-3)16(9-13)21-4/h5-6,9-11,17H,7-8H2,1-4H3,(H,18,19). The third-order valence-electron chi connectivity index (χ3n) is 3.65. The fourth-order valence-electron chi connectivity index (χ4n) is 2.38. The van der Waals surface area contributed by atoms with Crippen molar-refractivity contribution >= 4 is 0 Å². The second-order valence-corrected chi connectivity index (χ2v) is 5.07. The van der Waals surface area contributed by atoms with E-state index in [1.165, 1.54) is 11.1 Å². The van der Waals surface area contributed by atoms with Crippen LogP contribution in [-0.2, 0) is 6.42 Å². The molecule has 0 spiro atoms. The van der Waals surface area contributed by atoms with Crippen LogP contribution in [0.15, 0.2) is 24.4 Å². The Balaban J connectivity index is 1.90. The summed E-state index contributed by atoms with van der Waals surface area (Å²) in [6, 6.07) is 6.31. The summed E-state index contributed by atoms with van der Waals surface area (Å²) >= 11 is 0. The molecule has 1 unspecified atom stereocenters. The molecule has 2 rings (SSSR count). The number of aromatic nitrogens is 2. The van der Waals surface area contributed by atoms with E-state index in [1.807, 2.05) is 25.3 Å². The lowest BCUT2D eigenvalue weighted by Crippen LogP contribution is -2.21. The number of ether oxygens (including phenoxy) is 2. The number of nitrogens with zero attached hydrogens (tertiary/aromatic N) is 1. The van der Waals surface area contributed by atoms with Crippen molar-refractivity contribution in [3.05, 3.63) is 41.2 Å². The first-order chi connectivity index (χ1) is 10.2. The van der Waals surface area contributed by atoms with E-state index >= 15 is 0 Å². The van der Waals surface area contributed by atoms with Crippen LogP contribution in [0.1, 0.15) is 29.8 Å². The van der Waals surface area contributed by atoms with Crippen LogP contribution in [0.5, 0.6) is 11.5 Å². The molecule has 0 saturated heterocycles. The molecule has 0 saturated carbocycles. The molecule has 21 heavy (non-hydrogen) atoms. The van der Waals surface area contributed by atoms with Gasteiger partial charge in [-0.15, -0.1) is 0 Å². The van der Waals surface area contributed by atoms with E-state index in [-0.39, 0.29) is 6.04 Å². The Morgan fingerprint density at radius 2 is 2.00 bits per heavy atom. The average Bonchev–Trinajstić information content (AvgIpc) is 2.93. The predicted molar refractivity (Wildman–Crippen MR) is 83.0 cm³/mol. The Kier molecular flexibility index (Phi) is 5.22. The SMILES string of the molecule is COc1ccc(CCNC(C)c2cn[nH]c2C)cc1OC. The van der Waals surface area contributed by atoms with Gasteiger partial charge in [-0.2, -0.15) is 5.10 Å². The van der Waals surface area contributed by atoms with Crippen molar-refractivity contribution in [1.29, 1.82) is 0 Å². The lowest BCUT2D eigenvalue weighted by Gasteiger charge is -2.14. The number of hydrogen-bond donors (Lipinski definition) is 2. The lowest BCUT2D eigenvalue weighted by molar-refractivity contribution is 0.354. The fraction of sp³-hybridized carbons (Fsp3) is 0.438. The number of hydrogen-bond acceptors (Lipinski definition) is 4. The highest BCUT2D eigenvalue weighted by molar-refractivity contribution is 5.42. The van der Waals surface area contributed by atoms with Crippen molar-refractivity contribution in [3.8, 4) is 11.5 Å². The average molecular weight is 289 g/mol. The molecule has 0 aliphatic rings. The summed E-state index contributed by atoms with van der Waals surface area (Å²) in [5.41, 5.74) is 3.54. The summed E-state index contributed by atoms with van der Waals surface area (Å²) in [5, 5.41) is 10.5. The van der Waals surface area contributed by atoms with Crippen molar-refractivity contribution in [2.24, 2.45) is 0 Å². The summed E-state index contributed by atoms with van der Waals surface area (Å²) in [6.07, 6.45) is 2.81. The van der Waals surface area contributed by atoms with E-state index in [2.05, 4.69) is 28.5 Å². The summed E-state index contributed by atoms with van der Waals surface area (Å²) in [7, 11) is 3.30. The maximum Gasteiger partial charge on any atom is 0.160 e. The zero-order valence-electron chi connectivity index (χ0n) is 13.1. The van der Waals surface area contributed by atoms with E-state index < -0.39 is 0 Å². The molecule has 1 atom stereocenters. The number of benzene rings is 1. The van der Waals surface area contributed by atoms with E-state index in [0.717, 1.165) is 30.2 Å². The number of aromatic amines is 1. The van der Waals surface area contributed by atoms with Crippen LogP contribution < -0.4 is 14.8 Å².